The van der Waals surface area contributed by atoms with Crippen LogP contribution in [0.4, 0.5) is 5.69 Å². The van der Waals surface area contributed by atoms with Crippen molar-refractivity contribution in [3.63, 3.8) is 0 Å². The van der Waals surface area contributed by atoms with E-state index in [9.17, 15) is 13.0 Å². The maximum absolute atomic E-state index is 11.3. The summed E-state index contributed by atoms with van der Waals surface area (Å²) in [5.41, 5.74) is 2.97. The summed E-state index contributed by atoms with van der Waals surface area (Å²) >= 11 is 0. The molecule has 0 fully saturated rings. The van der Waals surface area contributed by atoms with Crippen LogP contribution in [0.5, 0.6) is 0 Å². The maximum Gasteiger partial charge on any atom is 1.00 e. The third kappa shape index (κ3) is 4.29. The van der Waals surface area contributed by atoms with Crippen LogP contribution < -0.4 is 29.6 Å². The molecule has 0 aliphatic rings. The SMILES string of the molecule is Cc1cc(S(=O)(=O)[O-])cc(C)c1N=Cc1c2ccccc2cc2ccccc12.[Na+]. The van der Waals surface area contributed by atoms with E-state index in [1.54, 1.807) is 13.8 Å². The number of rotatable bonds is 3. The van der Waals surface area contributed by atoms with Crippen LogP contribution in [0.3, 0.4) is 0 Å². The Morgan fingerprint density at radius 2 is 1.31 bits per heavy atom. The average Bonchev–Trinajstić information content (AvgIpc) is 2.65. The van der Waals surface area contributed by atoms with Crippen molar-refractivity contribution in [2.24, 2.45) is 4.99 Å². The van der Waals surface area contributed by atoms with Gasteiger partial charge in [0.05, 0.1) is 10.6 Å². The molecule has 0 N–H and O–H groups in total. The first-order valence-electron chi connectivity index (χ1n) is 8.86. The second-order valence-electron chi connectivity index (χ2n) is 6.85. The fourth-order valence-electron chi connectivity index (χ4n) is 3.58. The topological polar surface area (TPSA) is 69.6 Å². The van der Waals surface area contributed by atoms with Crippen LogP contribution in [0.25, 0.3) is 21.5 Å². The van der Waals surface area contributed by atoms with Crippen LogP contribution >= 0.6 is 0 Å². The van der Waals surface area contributed by atoms with Gasteiger partial charge in [-0.25, -0.2) is 8.42 Å². The normalized spacial score (nSPS) is 11.8. The number of benzene rings is 4. The molecule has 0 saturated heterocycles. The second kappa shape index (κ2) is 8.38. The molecule has 0 bridgehead atoms. The van der Waals surface area contributed by atoms with E-state index in [0.29, 0.717) is 16.8 Å². The molecule has 0 saturated carbocycles. The van der Waals surface area contributed by atoms with E-state index < -0.39 is 10.1 Å². The summed E-state index contributed by atoms with van der Waals surface area (Å²) in [6, 6.07) is 21.2. The Kier molecular flexibility index (Phi) is 6.27. The molecule has 0 aromatic heterocycles. The summed E-state index contributed by atoms with van der Waals surface area (Å²) in [6.45, 7) is 3.52. The Balaban J connectivity index is 0.00000240. The van der Waals surface area contributed by atoms with Gasteiger partial charge in [0, 0.05) is 11.8 Å². The summed E-state index contributed by atoms with van der Waals surface area (Å²) in [7, 11) is -4.49. The van der Waals surface area contributed by atoms with E-state index >= 15 is 0 Å². The predicted molar refractivity (Wildman–Crippen MR) is 113 cm³/mol. The predicted octanol–water partition coefficient (Wildman–Crippen LogP) is 2.27. The molecule has 29 heavy (non-hydrogen) atoms. The van der Waals surface area contributed by atoms with Crippen molar-refractivity contribution in [2.45, 2.75) is 18.7 Å². The van der Waals surface area contributed by atoms with Gasteiger partial charge in [-0.1, -0.05) is 48.5 Å². The van der Waals surface area contributed by atoms with Gasteiger partial charge in [-0.05, 0) is 64.7 Å². The standard InChI is InChI=1S/C23H19NO3S.Na/c1-15-11-19(28(25,26)27)12-16(2)23(15)24-14-22-20-9-5-3-7-17(20)13-18-8-4-6-10-21(18)22;/h3-14H,1-2H3,(H,25,26,27);/q;+1/p-1. The zero-order valence-electron chi connectivity index (χ0n) is 16.5. The zero-order chi connectivity index (χ0) is 19.9. The summed E-state index contributed by atoms with van der Waals surface area (Å²) in [6.07, 6.45) is 1.82. The van der Waals surface area contributed by atoms with Gasteiger partial charge >= 0.3 is 29.6 Å². The van der Waals surface area contributed by atoms with Gasteiger partial charge in [0.25, 0.3) is 0 Å². The van der Waals surface area contributed by atoms with E-state index in [4.69, 9.17) is 0 Å². The van der Waals surface area contributed by atoms with E-state index in [1.807, 2.05) is 30.5 Å². The molecule has 0 unspecified atom stereocenters. The first kappa shape index (κ1) is 21.7. The summed E-state index contributed by atoms with van der Waals surface area (Å²) in [4.78, 5) is 4.45. The largest absolute Gasteiger partial charge is 1.00 e. The van der Waals surface area contributed by atoms with Crippen molar-refractivity contribution in [3.8, 4) is 0 Å². The van der Waals surface area contributed by atoms with Gasteiger partial charge in [0.2, 0.25) is 0 Å². The summed E-state index contributed by atoms with van der Waals surface area (Å²) < 4.78 is 34.0. The van der Waals surface area contributed by atoms with Crippen LogP contribution in [0, 0.1) is 13.8 Å². The number of fused-ring (bicyclic) bond motifs is 2. The minimum Gasteiger partial charge on any atom is -0.744 e. The Morgan fingerprint density at radius 1 is 0.828 bits per heavy atom. The number of aryl methyl sites for hydroxylation is 2. The molecule has 0 radical (unpaired) electrons. The average molecular weight is 411 g/mol. The first-order valence-corrected chi connectivity index (χ1v) is 10.3. The molecule has 6 heteroatoms. The van der Waals surface area contributed by atoms with Gasteiger partial charge in [-0.3, -0.25) is 4.99 Å². The molecule has 0 spiro atoms. The second-order valence-corrected chi connectivity index (χ2v) is 8.23. The molecule has 4 rings (SSSR count). The van der Waals surface area contributed by atoms with Crippen molar-refractivity contribution < 1.29 is 42.5 Å². The van der Waals surface area contributed by atoms with Crippen molar-refractivity contribution in [2.75, 3.05) is 0 Å². The maximum atomic E-state index is 11.3. The summed E-state index contributed by atoms with van der Waals surface area (Å²) in [5, 5.41) is 4.45. The number of aliphatic imine (C=N–C) groups is 1. The molecule has 0 amide bonds. The van der Waals surface area contributed by atoms with E-state index in [2.05, 4.69) is 35.3 Å². The Labute approximate surface area is 192 Å². The quantitative estimate of drug-likeness (QED) is 0.225. The van der Waals surface area contributed by atoms with Crippen molar-refractivity contribution in [3.05, 3.63) is 83.4 Å². The monoisotopic (exact) mass is 411 g/mol. The number of hydrogen-bond donors (Lipinski definition) is 0. The molecule has 0 atom stereocenters. The van der Waals surface area contributed by atoms with Crippen molar-refractivity contribution in [1.29, 1.82) is 0 Å². The van der Waals surface area contributed by atoms with Gasteiger partial charge in [0.15, 0.2) is 0 Å². The Hall–Kier alpha value is -2.02. The third-order valence-electron chi connectivity index (χ3n) is 4.89. The van der Waals surface area contributed by atoms with Crippen molar-refractivity contribution in [1.82, 2.24) is 0 Å². The molecular formula is C23H18NNaO3S. The van der Waals surface area contributed by atoms with E-state index in [0.717, 1.165) is 27.1 Å². The molecule has 4 nitrogen and oxygen atoms in total. The smallest absolute Gasteiger partial charge is 0.744 e. The third-order valence-corrected chi connectivity index (χ3v) is 5.70. The molecule has 0 aliphatic heterocycles. The number of nitrogens with zero attached hydrogens (tertiary/aromatic N) is 1. The van der Waals surface area contributed by atoms with Crippen LogP contribution in [-0.4, -0.2) is 19.2 Å². The van der Waals surface area contributed by atoms with E-state index in [1.165, 1.54) is 12.1 Å². The molecule has 4 aromatic carbocycles. The molecule has 140 valence electrons. The van der Waals surface area contributed by atoms with Gasteiger partial charge < -0.3 is 4.55 Å². The minimum atomic E-state index is -4.49. The molecule has 4 aromatic rings. The van der Waals surface area contributed by atoms with Crippen LogP contribution in [-0.2, 0) is 10.1 Å². The fraction of sp³-hybridized carbons (Fsp3) is 0.0870. The van der Waals surface area contributed by atoms with Gasteiger partial charge in [0.1, 0.15) is 10.1 Å². The fourth-order valence-corrected chi connectivity index (χ4v) is 4.22. The van der Waals surface area contributed by atoms with Crippen LogP contribution in [0.1, 0.15) is 16.7 Å². The first-order chi connectivity index (χ1) is 13.3. The molecule has 0 aliphatic carbocycles. The zero-order valence-corrected chi connectivity index (χ0v) is 19.3. The Bertz CT molecular complexity index is 1280. The number of hydrogen-bond acceptors (Lipinski definition) is 4. The van der Waals surface area contributed by atoms with E-state index in [-0.39, 0.29) is 34.5 Å². The molecular weight excluding hydrogens is 393 g/mol. The van der Waals surface area contributed by atoms with Crippen LogP contribution in [0.15, 0.2) is 76.6 Å². The van der Waals surface area contributed by atoms with Gasteiger partial charge in [-0.15, -0.1) is 0 Å². The van der Waals surface area contributed by atoms with Gasteiger partial charge in [-0.2, -0.15) is 0 Å². The van der Waals surface area contributed by atoms with Crippen LogP contribution in [0.2, 0.25) is 0 Å². The molecule has 0 heterocycles. The van der Waals surface area contributed by atoms with Crippen molar-refractivity contribution >= 4 is 43.6 Å². The summed E-state index contributed by atoms with van der Waals surface area (Å²) in [5.74, 6) is 0. The minimum absolute atomic E-state index is 0. The Morgan fingerprint density at radius 3 is 1.79 bits per heavy atom.